The Labute approximate surface area is 126 Å². The maximum atomic E-state index is 3.60. The fourth-order valence-electron chi connectivity index (χ4n) is 4.65. The monoisotopic (exact) mass is 280 g/mol. The first kappa shape index (κ1) is 16.3. The summed E-state index contributed by atoms with van der Waals surface area (Å²) in [5.74, 6) is 1.76. The van der Waals surface area contributed by atoms with Gasteiger partial charge in [-0.3, -0.25) is 0 Å². The Morgan fingerprint density at radius 1 is 1.10 bits per heavy atom. The molecule has 2 rings (SSSR count). The second-order valence-corrected chi connectivity index (χ2v) is 8.99. The van der Waals surface area contributed by atoms with Gasteiger partial charge in [-0.25, -0.2) is 0 Å². The normalized spacial score (nSPS) is 32.7. The van der Waals surface area contributed by atoms with Gasteiger partial charge in [0.1, 0.15) is 0 Å². The topological polar surface area (TPSA) is 15.3 Å². The lowest BCUT2D eigenvalue weighted by Gasteiger charge is -2.40. The Bertz CT molecular complexity index is 308. The number of hydrogen-bond acceptors (Lipinski definition) is 2. The number of nitrogens with zero attached hydrogens (tertiary/aromatic N) is 1. The van der Waals surface area contributed by atoms with Gasteiger partial charge in [0, 0.05) is 12.6 Å². The Morgan fingerprint density at radius 3 is 2.20 bits per heavy atom. The summed E-state index contributed by atoms with van der Waals surface area (Å²) in [6.07, 6.45) is 5.56. The SMILES string of the molecule is CNC1C(CN2CCC(C(C)(C)C)CC2)CCC1(C)C. The molecule has 2 aliphatic rings. The number of hydrogen-bond donors (Lipinski definition) is 1. The predicted octanol–water partition coefficient (Wildman–Crippen LogP) is 3.77. The summed E-state index contributed by atoms with van der Waals surface area (Å²) in [5.41, 5.74) is 0.970. The van der Waals surface area contributed by atoms with E-state index in [0.29, 0.717) is 16.9 Å². The molecule has 1 aliphatic carbocycles. The van der Waals surface area contributed by atoms with Crippen LogP contribution in [0.2, 0.25) is 0 Å². The molecule has 1 saturated carbocycles. The van der Waals surface area contributed by atoms with Crippen LogP contribution in [0, 0.1) is 22.7 Å². The van der Waals surface area contributed by atoms with Crippen molar-refractivity contribution in [3.8, 4) is 0 Å². The molecule has 1 aliphatic heterocycles. The number of rotatable bonds is 3. The Kier molecular flexibility index (Phi) is 4.86. The zero-order valence-electron chi connectivity index (χ0n) is 14.6. The molecule has 1 saturated heterocycles. The second-order valence-electron chi connectivity index (χ2n) is 8.99. The minimum atomic E-state index is 0.475. The first-order valence-corrected chi connectivity index (χ1v) is 8.63. The van der Waals surface area contributed by atoms with Crippen molar-refractivity contribution < 1.29 is 0 Å². The van der Waals surface area contributed by atoms with E-state index in [1.54, 1.807) is 0 Å². The minimum Gasteiger partial charge on any atom is -0.316 e. The van der Waals surface area contributed by atoms with Crippen molar-refractivity contribution in [2.24, 2.45) is 22.7 Å². The fraction of sp³-hybridized carbons (Fsp3) is 1.00. The van der Waals surface area contributed by atoms with Crippen LogP contribution in [0.25, 0.3) is 0 Å². The van der Waals surface area contributed by atoms with Gasteiger partial charge in [0.25, 0.3) is 0 Å². The van der Waals surface area contributed by atoms with Gasteiger partial charge < -0.3 is 10.2 Å². The molecule has 2 heteroatoms. The van der Waals surface area contributed by atoms with E-state index < -0.39 is 0 Å². The van der Waals surface area contributed by atoms with Gasteiger partial charge in [0.05, 0.1) is 0 Å². The lowest BCUT2D eigenvalue weighted by Crippen LogP contribution is -2.46. The van der Waals surface area contributed by atoms with Crippen molar-refractivity contribution in [3.63, 3.8) is 0 Å². The Balaban J connectivity index is 1.84. The van der Waals surface area contributed by atoms with Gasteiger partial charge in [-0.1, -0.05) is 34.6 Å². The minimum absolute atomic E-state index is 0.475. The van der Waals surface area contributed by atoms with Crippen LogP contribution >= 0.6 is 0 Å². The molecule has 0 aromatic rings. The van der Waals surface area contributed by atoms with E-state index in [1.165, 1.54) is 45.3 Å². The van der Waals surface area contributed by atoms with E-state index in [9.17, 15) is 0 Å². The molecule has 2 unspecified atom stereocenters. The van der Waals surface area contributed by atoms with Gasteiger partial charge in [-0.05, 0) is 68.5 Å². The van der Waals surface area contributed by atoms with E-state index in [-0.39, 0.29) is 0 Å². The number of piperidine rings is 1. The highest BCUT2D eigenvalue weighted by Crippen LogP contribution is 2.42. The van der Waals surface area contributed by atoms with E-state index in [4.69, 9.17) is 0 Å². The number of nitrogens with one attached hydrogen (secondary N) is 1. The first-order chi connectivity index (χ1) is 9.24. The predicted molar refractivity (Wildman–Crippen MR) is 88.0 cm³/mol. The lowest BCUT2D eigenvalue weighted by atomic mass is 9.75. The summed E-state index contributed by atoms with van der Waals surface area (Å²) in [6.45, 7) is 16.0. The van der Waals surface area contributed by atoms with Crippen molar-refractivity contribution in [2.75, 3.05) is 26.7 Å². The van der Waals surface area contributed by atoms with Crippen LogP contribution in [0.3, 0.4) is 0 Å². The summed E-state index contributed by atoms with van der Waals surface area (Å²) in [4.78, 5) is 2.73. The van der Waals surface area contributed by atoms with E-state index in [1.807, 2.05) is 0 Å². The molecule has 0 spiro atoms. The van der Waals surface area contributed by atoms with Crippen molar-refractivity contribution in [1.82, 2.24) is 10.2 Å². The molecular formula is C18H36N2. The zero-order chi connectivity index (χ0) is 15.0. The van der Waals surface area contributed by atoms with Gasteiger partial charge >= 0.3 is 0 Å². The van der Waals surface area contributed by atoms with Crippen LogP contribution in [0.1, 0.15) is 60.3 Å². The van der Waals surface area contributed by atoms with E-state index in [2.05, 4.69) is 51.9 Å². The summed E-state index contributed by atoms with van der Waals surface area (Å²) >= 11 is 0. The van der Waals surface area contributed by atoms with E-state index >= 15 is 0 Å². The van der Waals surface area contributed by atoms with E-state index in [0.717, 1.165) is 11.8 Å². The van der Waals surface area contributed by atoms with Crippen LogP contribution in [-0.4, -0.2) is 37.6 Å². The molecular weight excluding hydrogens is 244 g/mol. The molecule has 1 heterocycles. The molecule has 0 amide bonds. The van der Waals surface area contributed by atoms with Crippen LogP contribution in [-0.2, 0) is 0 Å². The Morgan fingerprint density at radius 2 is 1.70 bits per heavy atom. The van der Waals surface area contributed by atoms with Crippen LogP contribution in [0.5, 0.6) is 0 Å². The maximum absolute atomic E-state index is 3.60. The molecule has 118 valence electrons. The number of likely N-dealkylation sites (tertiary alicyclic amines) is 1. The highest BCUT2D eigenvalue weighted by molar-refractivity contribution is 4.97. The third-order valence-electron chi connectivity index (χ3n) is 6.09. The first-order valence-electron chi connectivity index (χ1n) is 8.63. The third kappa shape index (κ3) is 3.57. The van der Waals surface area contributed by atoms with Crippen molar-refractivity contribution in [3.05, 3.63) is 0 Å². The molecule has 0 bridgehead atoms. The zero-order valence-corrected chi connectivity index (χ0v) is 14.6. The summed E-state index contributed by atoms with van der Waals surface area (Å²) < 4.78 is 0. The quantitative estimate of drug-likeness (QED) is 0.846. The van der Waals surface area contributed by atoms with Gasteiger partial charge in [0.2, 0.25) is 0 Å². The van der Waals surface area contributed by atoms with Gasteiger partial charge in [0.15, 0.2) is 0 Å². The van der Waals surface area contributed by atoms with Crippen LogP contribution in [0.4, 0.5) is 0 Å². The molecule has 20 heavy (non-hydrogen) atoms. The average molecular weight is 280 g/mol. The highest BCUT2D eigenvalue weighted by Gasteiger charge is 2.41. The lowest BCUT2D eigenvalue weighted by molar-refractivity contribution is 0.0944. The largest absolute Gasteiger partial charge is 0.316 e. The molecule has 1 N–H and O–H groups in total. The fourth-order valence-corrected chi connectivity index (χ4v) is 4.65. The molecule has 2 nitrogen and oxygen atoms in total. The second kappa shape index (κ2) is 5.96. The third-order valence-corrected chi connectivity index (χ3v) is 6.09. The van der Waals surface area contributed by atoms with Crippen LogP contribution in [0.15, 0.2) is 0 Å². The van der Waals surface area contributed by atoms with Crippen molar-refractivity contribution >= 4 is 0 Å². The summed E-state index contributed by atoms with van der Waals surface area (Å²) in [6, 6.07) is 0.697. The maximum Gasteiger partial charge on any atom is 0.0156 e. The molecule has 2 fully saturated rings. The van der Waals surface area contributed by atoms with Crippen molar-refractivity contribution in [1.29, 1.82) is 0 Å². The highest BCUT2D eigenvalue weighted by atomic mass is 15.1. The molecule has 2 atom stereocenters. The molecule has 0 aromatic carbocycles. The molecule has 0 aromatic heterocycles. The van der Waals surface area contributed by atoms with Gasteiger partial charge in [-0.2, -0.15) is 0 Å². The van der Waals surface area contributed by atoms with Crippen LogP contribution < -0.4 is 5.32 Å². The smallest absolute Gasteiger partial charge is 0.0156 e. The average Bonchev–Trinajstić information content (AvgIpc) is 2.63. The Hall–Kier alpha value is -0.0800. The van der Waals surface area contributed by atoms with Gasteiger partial charge in [-0.15, -0.1) is 0 Å². The molecule has 0 radical (unpaired) electrons. The summed E-state index contributed by atoms with van der Waals surface area (Å²) in [7, 11) is 2.15. The van der Waals surface area contributed by atoms with Crippen molar-refractivity contribution in [2.45, 2.75) is 66.3 Å². The standard InChI is InChI=1S/C18H36N2/c1-17(2,3)15-8-11-20(12-9-15)13-14-7-10-18(4,5)16(14)19-6/h14-16,19H,7-13H2,1-6H3. The summed E-state index contributed by atoms with van der Waals surface area (Å²) in [5, 5.41) is 3.60.